The van der Waals surface area contributed by atoms with E-state index in [9.17, 15) is 0 Å². The molecule has 100 valence electrons. The van der Waals surface area contributed by atoms with E-state index in [1.165, 1.54) is 5.57 Å². The van der Waals surface area contributed by atoms with E-state index in [0.717, 1.165) is 25.6 Å². The summed E-state index contributed by atoms with van der Waals surface area (Å²) in [6, 6.07) is 4.09. The quantitative estimate of drug-likeness (QED) is 0.507. The normalized spacial score (nSPS) is 12.1. The molecule has 1 aromatic rings. The van der Waals surface area contributed by atoms with Crippen molar-refractivity contribution in [1.82, 2.24) is 0 Å². The first-order valence-corrected chi connectivity index (χ1v) is 8.58. The summed E-state index contributed by atoms with van der Waals surface area (Å²) < 4.78 is 7.74. The second kappa shape index (κ2) is 7.71. The molecular weight excluding hydrogens is 424 g/mol. The Kier molecular flexibility index (Phi) is 6.96. The van der Waals surface area contributed by atoms with Crippen LogP contribution in [0.5, 0.6) is 5.75 Å². The smallest absolute Gasteiger partial charge is 0.140 e. The second-order valence-corrected chi connectivity index (χ2v) is 6.58. The van der Waals surface area contributed by atoms with E-state index in [4.69, 9.17) is 4.74 Å². The lowest BCUT2D eigenvalue weighted by Crippen LogP contribution is -1.98. The van der Waals surface area contributed by atoms with Crippen molar-refractivity contribution in [2.75, 3.05) is 11.9 Å². The van der Waals surface area contributed by atoms with Crippen LogP contribution in [0.1, 0.15) is 26.3 Å². The van der Waals surface area contributed by atoms with Gasteiger partial charge in [0.25, 0.3) is 0 Å². The number of hydrogen-bond donors (Lipinski definition) is 0. The molecule has 0 fully saturated rings. The molecule has 0 aromatic heterocycles. The van der Waals surface area contributed by atoms with Crippen molar-refractivity contribution >= 4 is 53.9 Å². The molecule has 1 aromatic carbocycles. The Bertz CT molecular complexity index is 439. The van der Waals surface area contributed by atoms with Gasteiger partial charge in [0.2, 0.25) is 0 Å². The molecule has 1 nitrogen and oxygen atoms in total. The molecule has 0 atom stereocenters. The molecular formula is C14H17Br3O. The molecule has 0 aliphatic heterocycles. The Morgan fingerprint density at radius 2 is 2.00 bits per heavy atom. The molecule has 0 saturated heterocycles. The third kappa shape index (κ3) is 4.39. The van der Waals surface area contributed by atoms with Gasteiger partial charge in [0.15, 0.2) is 0 Å². The summed E-state index contributed by atoms with van der Waals surface area (Å²) in [6.07, 6.45) is 2.19. The number of ether oxygens (including phenoxy) is 1. The summed E-state index contributed by atoms with van der Waals surface area (Å²) in [5.74, 6) is 1.41. The summed E-state index contributed by atoms with van der Waals surface area (Å²) in [4.78, 5) is 0. The minimum atomic E-state index is 0.511. The van der Waals surface area contributed by atoms with Gasteiger partial charge in [-0.1, -0.05) is 57.4 Å². The number of alkyl halides is 1. The van der Waals surface area contributed by atoms with Gasteiger partial charge < -0.3 is 4.74 Å². The minimum Gasteiger partial charge on any atom is -0.492 e. The maximum absolute atomic E-state index is 5.72. The average Bonchev–Trinajstić information content (AvgIpc) is 2.29. The molecule has 0 aliphatic rings. The van der Waals surface area contributed by atoms with Crippen LogP contribution in [0.3, 0.4) is 0 Å². The van der Waals surface area contributed by atoms with Crippen molar-refractivity contribution in [1.29, 1.82) is 0 Å². The lowest BCUT2D eigenvalue weighted by atomic mass is 10.0. The zero-order valence-corrected chi connectivity index (χ0v) is 15.5. The van der Waals surface area contributed by atoms with Crippen molar-refractivity contribution in [3.63, 3.8) is 0 Å². The van der Waals surface area contributed by atoms with Crippen LogP contribution in [0.25, 0.3) is 6.08 Å². The van der Waals surface area contributed by atoms with Crippen molar-refractivity contribution < 1.29 is 4.74 Å². The Hall–Kier alpha value is 0.200. The van der Waals surface area contributed by atoms with E-state index in [1.807, 2.05) is 13.0 Å². The lowest BCUT2D eigenvalue weighted by Gasteiger charge is -2.13. The molecule has 0 unspecified atom stereocenters. The molecule has 0 bridgehead atoms. The van der Waals surface area contributed by atoms with Crippen LogP contribution in [-0.4, -0.2) is 11.9 Å². The van der Waals surface area contributed by atoms with Crippen LogP contribution in [0, 0.1) is 5.92 Å². The van der Waals surface area contributed by atoms with E-state index in [-0.39, 0.29) is 0 Å². The zero-order chi connectivity index (χ0) is 13.7. The van der Waals surface area contributed by atoms with Gasteiger partial charge in [0, 0.05) is 15.4 Å². The molecule has 0 aliphatic carbocycles. The highest BCUT2D eigenvalue weighted by atomic mass is 79.9. The van der Waals surface area contributed by atoms with Crippen LogP contribution in [0.15, 0.2) is 26.7 Å². The monoisotopic (exact) mass is 438 g/mol. The van der Waals surface area contributed by atoms with E-state index < -0.39 is 0 Å². The Labute approximate surface area is 134 Å². The van der Waals surface area contributed by atoms with E-state index in [0.29, 0.717) is 12.5 Å². The molecule has 0 amide bonds. The highest BCUT2D eigenvalue weighted by molar-refractivity contribution is 9.11. The fourth-order valence-corrected chi connectivity index (χ4v) is 3.73. The van der Waals surface area contributed by atoms with Gasteiger partial charge in [-0.2, -0.15) is 0 Å². The molecule has 18 heavy (non-hydrogen) atoms. The maximum Gasteiger partial charge on any atom is 0.140 e. The molecule has 1 rings (SSSR count). The SMILES string of the molecule is CCOc1c(Br)cc(Br)cc1C=C(CBr)C(C)C. The van der Waals surface area contributed by atoms with Gasteiger partial charge >= 0.3 is 0 Å². The summed E-state index contributed by atoms with van der Waals surface area (Å²) in [5, 5.41) is 0.875. The van der Waals surface area contributed by atoms with Crippen molar-refractivity contribution in [3.05, 3.63) is 32.2 Å². The molecule has 0 heterocycles. The number of rotatable bonds is 5. The van der Waals surface area contributed by atoms with Gasteiger partial charge in [-0.25, -0.2) is 0 Å². The standard InChI is InChI=1S/C14H17Br3O/c1-4-18-14-10(5-11(8-15)9(2)3)6-12(16)7-13(14)17/h5-7,9H,4,8H2,1-3H3. The van der Waals surface area contributed by atoms with Gasteiger partial charge in [0.1, 0.15) is 5.75 Å². The predicted octanol–water partition coefficient (Wildman–Crippen LogP) is 6.04. The van der Waals surface area contributed by atoms with E-state index in [2.05, 4.69) is 73.8 Å². The van der Waals surface area contributed by atoms with E-state index >= 15 is 0 Å². The molecule has 0 saturated carbocycles. The number of benzene rings is 1. The first-order valence-electron chi connectivity index (χ1n) is 5.87. The number of hydrogen-bond acceptors (Lipinski definition) is 1. The minimum absolute atomic E-state index is 0.511. The summed E-state index contributed by atoms with van der Waals surface area (Å²) >= 11 is 10.6. The van der Waals surface area contributed by atoms with Gasteiger partial charge in [0.05, 0.1) is 11.1 Å². The Balaban J connectivity index is 3.29. The fraction of sp³-hybridized carbons (Fsp3) is 0.429. The molecule has 0 spiro atoms. The Morgan fingerprint density at radius 3 is 2.50 bits per heavy atom. The summed E-state index contributed by atoms with van der Waals surface area (Å²) in [7, 11) is 0. The fourth-order valence-electron chi connectivity index (χ4n) is 1.54. The van der Waals surface area contributed by atoms with Crippen LogP contribution >= 0.6 is 47.8 Å². The van der Waals surface area contributed by atoms with Crippen molar-refractivity contribution in [2.45, 2.75) is 20.8 Å². The largest absolute Gasteiger partial charge is 0.492 e. The van der Waals surface area contributed by atoms with Crippen LogP contribution in [-0.2, 0) is 0 Å². The second-order valence-electron chi connectivity index (χ2n) is 4.25. The lowest BCUT2D eigenvalue weighted by molar-refractivity contribution is 0.337. The Morgan fingerprint density at radius 1 is 1.33 bits per heavy atom. The van der Waals surface area contributed by atoms with Crippen molar-refractivity contribution in [2.24, 2.45) is 5.92 Å². The van der Waals surface area contributed by atoms with Crippen LogP contribution in [0.2, 0.25) is 0 Å². The zero-order valence-electron chi connectivity index (χ0n) is 10.8. The van der Waals surface area contributed by atoms with Gasteiger partial charge in [-0.3, -0.25) is 0 Å². The third-order valence-corrected chi connectivity index (χ3v) is 4.26. The average molecular weight is 441 g/mol. The van der Waals surface area contributed by atoms with E-state index in [1.54, 1.807) is 0 Å². The topological polar surface area (TPSA) is 9.23 Å². The first-order chi connectivity index (χ1) is 8.49. The number of allylic oxidation sites excluding steroid dienone is 1. The maximum atomic E-state index is 5.72. The highest BCUT2D eigenvalue weighted by Crippen LogP contribution is 2.35. The summed E-state index contributed by atoms with van der Waals surface area (Å²) in [6.45, 7) is 7.04. The summed E-state index contributed by atoms with van der Waals surface area (Å²) in [5.41, 5.74) is 2.45. The third-order valence-electron chi connectivity index (χ3n) is 2.56. The number of halogens is 3. The molecule has 0 radical (unpaired) electrons. The van der Waals surface area contributed by atoms with Crippen LogP contribution < -0.4 is 4.74 Å². The molecule has 4 heteroatoms. The predicted molar refractivity (Wildman–Crippen MR) is 89.6 cm³/mol. The molecule has 0 N–H and O–H groups in total. The van der Waals surface area contributed by atoms with Crippen molar-refractivity contribution in [3.8, 4) is 5.75 Å². The first kappa shape index (κ1) is 16.3. The highest BCUT2D eigenvalue weighted by Gasteiger charge is 2.10. The van der Waals surface area contributed by atoms with Gasteiger partial charge in [-0.15, -0.1) is 0 Å². The van der Waals surface area contributed by atoms with Gasteiger partial charge in [-0.05, 0) is 40.9 Å². The van der Waals surface area contributed by atoms with Crippen LogP contribution in [0.4, 0.5) is 0 Å².